The molecule has 2 aliphatic rings. The Hall–Kier alpha value is -2.69. The van der Waals surface area contributed by atoms with E-state index in [0.29, 0.717) is 24.8 Å². The average Bonchev–Trinajstić information content (AvgIpc) is 3.06. The van der Waals surface area contributed by atoms with Crippen LogP contribution in [0.25, 0.3) is 0 Å². The molecule has 0 fully saturated rings. The topological polar surface area (TPSA) is 48.3 Å². The molecular formula is C24H30N4O. The van der Waals surface area contributed by atoms with Gasteiger partial charge in [0.25, 0.3) is 0 Å². The van der Waals surface area contributed by atoms with Gasteiger partial charge in [-0.1, -0.05) is 75.4 Å². The van der Waals surface area contributed by atoms with Gasteiger partial charge >= 0.3 is 0 Å². The number of para-hydroxylation sites is 1. The van der Waals surface area contributed by atoms with Gasteiger partial charge in [-0.3, -0.25) is 9.80 Å². The standard InChI is InChI=1S/C24H30N4O/c1-16(2)13-22(29)27-15-18-9-5-6-10-19(18)23-24(20-11-7-8-12-21(20)27)28(26-25-23)14-17(3)4/h5-12,16-17,23-24H,13-15H2,1-4H3. The molecule has 4 rings (SSSR count). The monoisotopic (exact) mass is 390 g/mol. The minimum atomic E-state index is -0.0477. The van der Waals surface area contributed by atoms with Gasteiger partial charge in [-0.15, -0.1) is 0 Å². The minimum Gasteiger partial charge on any atom is -0.308 e. The fraction of sp³-hybridized carbons (Fsp3) is 0.458. The van der Waals surface area contributed by atoms with Crippen LogP contribution in [0.3, 0.4) is 0 Å². The number of nitrogens with zero attached hydrogens (tertiary/aromatic N) is 4. The molecule has 2 unspecified atom stereocenters. The van der Waals surface area contributed by atoms with Crippen molar-refractivity contribution < 1.29 is 4.79 Å². The third-order valence-corrected chi connectivity index (χ3v) is 5.60. The predicted octanol–water partition coefficient (Wildman–Crippen LogP) is 5.70. The molecule has 0 N–H and O–H groups in total. The van der Waals surface area contributed by atoms with Crippen molar-refractivity contribution in [1.82, 2.24) is 5.01 Å². The van der Waals surface area contributed by atoms with Gasteiger partial charge in [-0.2, -0.15) is 5.11 Å². The summed E-state index contributed by atoms with van der Waals surface area (Å²) < 4.78 is 0. The third-order valence-electron chi connectivity index (χ3n) is 5.60. The normalized spacial score (nSPS) is 20.3. The van der Waals surface area contributed by atoms with Crippen LogP contribution in [-0.4, -0.2) is 17.5 Å². The van der Waals surface area contributed by atoms with Gasteiger partial charge in [0.2, 0.25) is 5.91 Å². The number of carbonyl (C=O) groups excluding carboxylic acids is 1. The van der Waals surface area contributed by atoms with Gasteiger partial charge in [0, 0.05) is 24.2 Å². The van der Waals surface area contributed by atoms with Crippen LogP contribution in [0.2, 0.25) is 0 Å². The van der Waals surface area contributed by atoms with Crippen LogP contribution in [0.15, 0.2) is 58.9 Å². The number of amides is 1. The van der Waals surface area contributed by atoms with Crippen molar-refractivity contribution in [2.75, 3.05) is 11.4 Å². The van der Waals surface area contributed by atoms with Crippen molar-refractivity contribution in [3.05, 3.63) is 65.2 Å². The summed E-state index contributed by atoms with van der Waals surface area (Å²) in [6, 6.07) is 16.6. The molecule has 2 atom stereocenters. The van der Waals surface area contributed by atoms with Gasteiger partial charge < -0.3 is 4.90 Å². The van der Waals surface area contributed by atoms with Gasteiger partial charge in [0.1, 0.15) is 12.1 Å². The van der Waals surface area contributed by atoms with E-state index >= 15 is 0 Å². The van der Waals surface area contributed by atoms with Gasteiger partial charge in [0.15, 0.2) is 0 Å². The second-order valence-electron chi connectivity index (χ2n) is 8.95. The van der Waals surface area contributed by atoms with Crippen molar-refractivity contribution in [2.45, 2.75) is 52.7 Å². The van der Waals surface area contributed by atoms with Crippen molar-refractivity contribution in [1.29, 1.82) is 0 Å². The molecule has 2 aliphatic heterocycles. The molecule has 0 radical (unpaired) electrons. The first kappa shape index (κ1) is 19.6. The second-order valence-corrected chi connectivity index (χ2v) is 8.95. The zero-order valence-corrected chi connectivity index (χ0v) is 17.7. The number of rotatable bonds is 4. The van der Waals surface area contributed by atoms with E-state index in [2.05, 4.69) is 74.3 Å². The van der Waals surface area contributed by atoms with Crippen molar-refractivity contribution >= 4 is 11.6 Å². The number of fused-ring (bicyclic) bond motifs is 5. The van der Waals surface area contributed by atoms with E-state index in [4.69, 9.17) is 5.11 Å². The van der Waals surface area contributed by atoms with Crippen LogP contribution in [0.4, 0.5) is 5.69 Å². The highest BCUT2D eigenvalue weighted by molar-refractivity contribution is 5.94. The van der Waals surface area contributed by atoms with E-state index in [9.17, 15) is 4.79 Å². The highest BCUT2D eigenvalue weighted by atomic mass is 16.2. The largest absolute Gasteiger partial charge is 0.308 e. The highest BCUT2D eigenvalue weighted by Gasteiger charge is 2.40. The van der Waals surface area contributed by atoms with Crippen molar-refractivity contribution in [3.8, 4) is 0 Å². The second kappa shape index (κ2) is 7.97. The van der Waals surface area contributed by atoms with E-state index in [1.54, 1.807) is 0 Å². The molecule has 5 heteroatoms. The lowest BCUT2D eigenvalue weighted by molar-refractivity contribution is -0.119. The molecule has 2 heterocycles. The average molecular weight is 391 g/mol. The minimum absolute atomic E-state index is 0.00407. The molecular weight excluding hydrogens is 360 g/mol. The first-order valence-corrected chi connectivity index (χ1v) is 10.6. The van der Waals surface area contributed by atoms with Crippen LogP contribution in [-0.2, 0) is 11.3 Å². The third kappa shape index (κ3) is 3.78. The Bertz CT molecular complexity index is 921. The maximum absolute atomic E-state index is 13.3. The molecule has 29 heavy (non-hydrogen) atoms. The quantitative estimate of drug-likeness (QED) is 0.672. The van der Waals surface area contributed by atoms with E-state index in [-0.39, 0.29) is 18.0 Å². The number of benzene rings is 2. The van der Waals surface area contributed by atoms with E-state index in [0.717, 1.165) is 23.4 Å². The summed E-state index contributed by atoms with van der Waals surface area (Å²) in [7, 11) is 0. The van der Waals surface area contributed by atoms with Crippen molar-refractivity contribution in [3.63, 3.8) is 0 Å². The van der Waals surface area contributed by atoms with Crippen LogP contribution in [0.5, 0.6) is 0 Å². The molecule has 2 aromatic rings. The molecule has 0 aliphatic carbocycles. The van der Waals surface area contributed by atoms with E-state index in [1.807, 2.05) is 17.0 Å². The molecule has 152 valence electrons. The fourth-order valence-corrected chi connectivity index (χ4v) is 4.38. The van der Waals surface area contributed by atoms with Gasteiger partial charge in [-0.25, -0.2) is 0 Å². The smallest absolute Gasteiger partial charge is 0.227 e. The Kier molecular flexibility index (Phi) is 5.39. The molecule has 0 bridgehead atoms. The Labute approximate surface area is 173 Å². The molecule has 2 aromatic carbocycles. The summed E-state index contributed by atoms with van der Waals surface area (Å²) in [5, 5.41) is 11.4. The summed E-state index contributed by atoms with van der Waals surface area (Å²) in [6.45, 7) is 9.99. The van der Waals surface area contributed by atoms with Crippen LogP contribution in [0, 0.1) is 11.8 Å². The summed E-state index contributed by atoms with van der Waals surface area (Å²) in [4.78, 5) is 15.2. The Balaban J connectivity index is 1.86. The lowest BCUT2D eigenvalue weighted by Crippen LogP contribution is -2.36. The van der Waals surface area contributed by atoms with E-state index < -0.39 is 0 Å². The van der Waals surface area contributed by atoms with Gasteiger partial charge in [-0.05, 0) is 29.0 Å². The number of hydrogen-bond acceptors (Lipinski definition) is 4. The molecule has 0 saturated carbocycles. The number of hydrogen-bond donors (Lipinski definition) is 0. The maximum atomic E-state index is 13.3. The van der Waals surface area contributed by atoms with E-state index in [1.165, 1.54) is 5.56 Å². The Morgan fingerprint density at radius 2 is 1.69 bits per heavy atom. The van der Waals surface area contributed by atoms with Crippen molar-refractivity contribution in [2.24, 2.45) is 22.2 Å². The molecule has 0 saturated heterocycles. The summed E-state index contributed by atoms with van der Waals surface area (Å²) in [6.07, 6.45) is 0.537. The Morgan fingerprint density at radius 3 is 2.41 bits per heavy atom. The summed E-state index contributed by atoms with van der Waals surface area (Å²) >= 11 is 0. The lowest BCUT2D eigenvalue weighted by Gasteiger charge is -2.36. The number of anilines is 1. The summed E-state index contributed by atoms with van der Waals surface area (Å²) in [5.74, 6) is 0.958. The molecule has 0 aromatic heterocycles. The SMILES string of the molecule is CC(C)CC(=O)N1Cc2ccccc2C2N=NN(CC(C)C)C2c2ccccc21. The van der Waals surface area contributed by atoms with Crippen LogP contribution < -0.4 is 4.90 Å². The summed E-state index contributed by atoms with van der Waals surface area (Å²) in [5.41, 5.74) is 4.45. The zero-order chi connectivity index (χ0) is 20.5. The molecule has 1 amide bonds. The first-order chi connectivity index (χ1) is 14.0. The Morgan fingerprint density at radius 1 is 1.00 bits per heavy atom. The van der Waals surface area contributed by atoms with Crippen LogP contribution >= 0.6 is 0 Å². The fourth-order valence-electron chi connectivity index (χ4n) is 4.38. The lowest BCUT2D eigenvalue weighted by atomic mass is 9.87. The highest BCUT2D eigenvalue weighted by Crippen LogP contribution is 2.48. The molecule has 0 spiro atoms. The number of carbonyl (C=O) groups is 1. The first-order valence-electron chi connectivity index (χ1n) is 10.6. The zero-order valence-electron chi connectivity index (χ0n) is 17.7. The van der Waals surface area contributed by atoms with Crippen LogP contribution in [0.1, 0.15) is 62.9 Å². The molecule has 5 nitrogen and oxygen atoms in total. The maximum Gasteiger partial charge on any atom is 0.227 e. The van der Waals surface area contributed by atoms with Gasteiger partial charge in [0.05, 0.1) is 6.54 Å². The predicted molar refractivity (Wildman–Crippen MR) is 115 cm³/mol.